The number of carbonyl (C=O) groups excluding carboxylic acids is 2. The van der Waals surface area contributed by atoms with E-state index in [1.54, 1.807) is 23.9 Å². The monoisotopic (exact) mass is 703 g/mol. The Morgan fingerprint density at radius 2 is 1.72 bits per heavy atom. The van der Waals surface area contributed by atoms with Crippen molar-refractivity contribution in [3.8, 4) is 22.9 Å². The Balaban J connectivity index is 1.47. The van der Waals surface area contributed by atoms with Crippen LogP contribution < -0.4 is 14.2 Å². The van der Waals surface area contributed by atoms with Crippen molar-refractivity contribution in [2.45, 2.75) is 72.3 Å². The average molecular weight is 704 g/mol. The van der Waals surface area contributed by atoms with Gasteiger partial charge in [-0.15, -0.1) is 0 Å². The van der Waals surface area contributed by atoms with Gasteiger partial charge in [0.2, 0.25) is 15.7 Å². The molecule has 1 saturated carbocycles. The van der Waals surface area contributed by atoms with Gasteiger partial charge in [0.15, 0.2) is 18.1 Å². The molecule has 2 aromatic heterocycles. The summed E-state index contributed by atoms with van der Waals surface area (Å²) in [5, 5.41) is 3.20. The molecule has 1 aliphatic rings. The Morgan fingerprint density at radius 3 is 2.34 bits per heavy atom. The highest BCUT2D eigenvalue weighted by Crippen LogP contribution is 2.38. The molecular weight excluding hydrogens is 659 g/mol. The van der Waals surface area contributed by atoms with Crippen LogP contribution in [0.4, 0.5) is 5.69 Å². The van der Waals surface area contributed by atoms with Crippen LogP contribution in [0.3, 0.4) is 0 Å². The van der Waals surface area contributed by atoms with Gasteiger partial charge in [-0.25, -0.2) is 23.0 Å². The highest BCUT2D eigenvalue weighted by molar-refractivity contribution is 7.89. The highest BCUT2D eigenvalue weighted by Gasteiger charge is 2.35. The van der Waals surface area contributed by atoms with Crippen LogP contribution >= 0.6 is 0 Å². The zero-order valence-electron chi connectivity index (χ0n) is 29.8. The van der Waals surface area contributed by atoms with Gasteiger partial charge >= 0.3 is 5.97 Å². The summed E-state index contributed by atoms with van der Waals surface area (Å²) in [6, 6.07) is 11.3. The van der Waals surface area contributed by atoms with E-state index in [-0.39, 0.29) is 34.6 Å². The molecule has 1 fully saturated rings. The molecule has 0 aliphatic heterocycles. The number of nitrogens with zero attached hydrogens (tertiary/aromatic N) is 3. The molecule has 0 radical (unpaired) electrons. The van der Waals surface area contributed by atoms with E-state index < -0.39 is 28.5 Å². The molecule has 0 saturated heterocycles. The van der Waals surface area contributed by atoms with Gasteiger partial charge in [-0.2, -0.15) is 0 Å². The van der Waals surface area contributed by atoms with Crippen LogP contribution in [0.25, 0.3) is 21.9 Å². The van der Waals surface area contributed by atoms with Gasteiger partial charge in [-0.05, 0) is 77.0 Å². The van der Waals surface area contributed by atoms with E-state index in [4.69, 9.17) is 25.8 Å². The van der Waals surface area contributed by atoms with Gasteiger partial charge in [0.1, 0.15) is 23.2 Å². The Labute approximate surface area is 293 Å². The first kappa shape index (κ1) is 36.5. The Kier molecular flexibility index (Phi) is 10.3. The molecule has 50 heavy (non-hydrogen) atoms. The van der Waals surface area contributed by atoms with Crippen LogP contribution in [-0.2, 0) is 31.4 Å². The van der Waals surface area contributed by atoms with E-state index >= 15 is 0 Å². The molecule has 1 amide bonds. The summed E-state index contributed by atoms with van der Waals surface area (Å²) in [4.78, 5) is 34.2. The minimum absolute atomic E-state index is 0.134. The van der Waals surface area contributed by atoms with E-state index in [2.05, 4.69) is 51.5 Å². The first-order valence-corrected chi connectivity index (χ1v) is 18.5. The molecular formula is C37H45N5O7S. The smallest absolute Gasteiger partial charge is 0.331 e. The summed E-state index contributed by atoms with van der Waals surface area (Å²) >= 11 is 0. The summed E-state index contributed by atoms with van der Waals surface area (Å²) < 4.78 is 44.1. The Hall–Kier alpha value is -4.83. The summed E-state index contributed by atoms with van der Waals surface area (Å²) in [7, 11) is -2.15. The summed E-state index contributed by atoms with van der Waals surface area (Å²) in [6.07, 6.45) is 4.51. The number of nitrogens with one attached hydrogen (secondary N) is 2. The maximum atomic E-state index is 13.6. The van der Waals surface area contributed by atoms with Crippen molar-refractivity contribution in [2.75, 3.05) is 20.0 Å². The van der Waals surface area contributed by atoms with E-state index in [9.17, 15) is 18.0 Å². The molecule has 266 valence electrons. The van der Waals surface area contributed by atoms with Crippen molar-refractivity contribution in [3.05, 3.63) is 76.3 Å². The first-order valence-electron chi connectivity index (χ1n) is 16.6. The first-order chi connectivity index (χ1) is 23.5. The number of carbonyl (C=O) groups is 2. The second kappa shape index (κ2) is 14.2. The number of esters is 1. The summed E-state index contributed by atoms with van der Waals surface area (Å²) in [5.74, 6) is 1.15. The number of amides is 1. The van der Waals surface area contributed by atoms with Crippen LogP contribution in [0.1, 0.15) is 81.4 Å². The topological polar surface area (TPSA) is 145 Å². The molecule has 12 nitrogen and oxygen atoms in total. The number of aromatic amines is 1. The largest absolute Gasteiger partial charge is 0.496 e. The number of methoxy groups -OCH3 is 1. The van der Waals surface area contributed by atoms with Crippen LogP contribution in [0.5, 0.6) is 11.5 Å². The number of hydrogen-bond donors (Lipinski definition) is 2. The number of fused-ring (bicyclic) bond motifs is 1. The fourth-order valence-corrected chi connectivity index (χ4v) is 7.39. The van der Waals surface area contributed by atoms with Crippen molar-refractivity contribution in [2.24, 2.45) is 17.8 Å². The van der Waals surface area contributed by atoms with Gasteiger partial charge in [0.25, 0.3) is 5.91 Å². The normalized spacial score (nSPS) is 19.5. The third-order valence-electron chi connectivity index (χ3n) is 9.16. The fraction of sp³-hybridized carbons (Fsp3) is 0.459. The van der Waals surface area contributed by atoms with Gasteiger partial charge < -0.3 is 14.2 Å². The Bertz CT molecular complexity index is 2060. The SMILES string of the molecule is [C-]#[N+]c1cn2[nH]c(-c3ccc(OC)c(Cc4cc(C(C)(C)C)ccc4OCC(=O)NS(C)(=O)=O)c3)nc2c1C(=O)OC1C(C)CC(C)CC1C. The van der Waals surface area contributed by atoms with Crippen LogP contribution in [0.2, 0.25) is 0 Å². The molecule has 0 spiro atoms. The lowest BCUT2D eigenvalue weighted by Gasteiger charge is -2.37. The number of H-pyrrole nitrogens is 1. The fourth-order valence-electron chi connectivity index (χ4n) is 6.92. The molecule has 2 aromatic carbocycles. The quantitative estimate of drug-likeness (QED) is 0.141. The maximum absolute atomic E-state index is 13.6. The highest BCUT2D eigenvalue weighted by atomic mass is 32.2. The standard InChI is InChI=1S/C37H45N5O7S/c1-21-14-22(2)33(23(3)15-21)49-36(44)32-28(38-7)19-42-35(32)39-34(40-42)24-10-12-29(47-8)25(16-24)17-26-18-27(37(4,5)6)11-13-30(26)48-20-31(43)41-50(9,45)46/h10-13,16,18-19,21-23,33H,14-15,17,20H2,1-6,8-9H3,(H,39,40)(H,41,43). The van der Waals surface area contributed by atoms with Gasteiger partial charge in [0.05, 0.1) is 19.9 Å². The molecule has 2 atom stereocenters. The van der Waals surface area contributed by atoms with E-state index in [1.165, 1.54) is 0 Å². The third-order valence-corrected chi connectivity index (χ3v) is 9.76. The zero-order chi connectivity index (χ0) is 36.5. The van der Waals surface area contributed by atoms with Crippen molar-refractivity contribution in [1.29, 1.82) is 0 Å². The van der Waals surface area contributed by atoms with Gasteiger partial charge in [-0.3, -0.25) is 19.1 Å². The molecule has 13 heteroatoms. The van der Waals surface area contributed by atoms with Gasteiger partial charge in [-0.1, -0.05) is 53.7 Å². The molecule has 4 aromatic rings. The second-order valence-electron chi connectivity index (χ2n) is 14.5. The second-order valence-corrected chi connectivity index (χ2v) is 16.3. The van der Waals surface area contributed by atoms with Crippen molar-refractivity contribution >= 4 is 33.2 Å². The number of ether oxygens (including phenoxy) is 3. The van der Waals surface area contributed by atoms with Crippen molar-refractivity contribution in [3.63, 3.8) is 0 Å². The third kappa shape index (κ3) is 8.13. The van der Waals surface area contributed by atoms with E-state index in [1.807, 2.05) is 35.1 Å². The van der Waals surface area contributed by atoms with Gasteiger partial charge in [0, 0.05) is 18.2 Å². The zero-order valence-corrected chi connectivity index (χ0v) is 30.6. The summed E-state index contributed by atoms with van der Waals surface area (Å²) in [6.45, 7) is 19.9. The Morgan fingerprint density at radius 1 is 1.06 bits per heavy atom. The van der Waals surface area contributed by atoms with Crippen LogP contribution in [0.15, 0.2) is 42.6 Å². The van der Waals surface area contributed by atoms with Crippen molar-refractivity contribution in [1.82, 2.24) is 19.3 Å². The number of hydrogen-bond acceptors (Lipinski definition) is 8. The maximum Gasteiger partial charge on any atom is 0.331 e. The summed E-state index contributed by atoms with van der Waals surface area (Å²) in [5.41, 5.74) is 3.72. The number of sulfonamides is 1. The van der Waals surface area contributed by atoms with Crippen LogP contribution in [-0.4, -0.2) is 61.0 Å². The van der Waals surface area contributed by atoms with E-state index in [0.29, 0.717) is 40.9 Å². The molecule has 2 N–H and O–H groups in total. The predicted molar refractivity (Wildman–Crippen MR) is 190 cm³/mol. The molecule has 1 aliphatic carbocycles. The predicted octanol–water partition coefficient (Wildman–Crippen LogP) is 6.46. The molecule has 5 rings (SSSR count). The van der Waals surface area contributed by atoms with Crippen LogP contribution in [0, 0.1) is 24.3 Å². The number of aromatic nitrogens is 3. The number of benzene rings is 2. The lowest BCUT2D eigenvalue weighted by Crippen LogP contribution is -2.37. The van der Waals surface area contributed by atoms with E-state index in [0.717, 1.165) is 35.8 Å². The van der Waals surface area contributed by atoms with Crippen molar-refractivity contribution < 1.29 is 32.2 Å². The molecule has 2 heterocycles. The lowest BCUT2D eigenvalue weighted by atomic mass is 9.75. The minimum atomic E-state index is -3.73. The average Bonchev–Trinajstić information content (AvgIpc) is 3.59. The lowest BCUT2D eigenvalue weighted by molar-refractivity contribution is -0.121. The molecule has 0 bridgehead atoms. The minimum Gasteiger partial charge on any atom is -0.496 e. The molecule has 2 unspecified atom stereocenters. The number of rotatable bonds is 10.